The highest BCUT2D eigenvalue weighted by Crippen LogP contribution is 2.31. The molecule has 1 N–H and O–H groups in total. The molecule has 0 spiro atoms. The number of amides is 1. The number of nitriles is 1. The van der Waals surface area contributed by atoms with Crippen LogP contribution in [-0.2, 0) is 9.59 Å². The van der Waals surface area contributed by atoms with Crippen molar-refractivity contribution in [3.63, 3.8) is 0 Å². The van der Waals surface area contributed by atoms with Gasteiger partial charge in [0, 0.05) is 17.3 Å². The summed E-state index contributed by atoms with van der Waals surface area (Å²) in [5, 5.41) is 22.4. The summed E-state index contributed by atoms with van der Waals surface area (Å²) < 4.78 is 0. The Bertz CT molecular complexity index is 514. The maximum absolute atomic E-state index is 11.6. The number of carboxylic acids is 1. The number of aryl methyl sites for hydroxylation is 1. The second kappa shape index (κ2) is 6.17. The van der Waals surface area contributed by atoms with E-state index in [2.05, 4.69) is 11.4 Å². The van der Waals surface area contributed by atoms with E-state index in [-0.39, 0.29) is 25.2 Å². The zero-order chi connectivity index (χ0) is 13.7. The first-order chi connectivity index (χ1) is 8.45. The van der Waals surface area contributed by atoms with E-state index in [1.54, 1.807) is 0 Å². The van der Waals surface area contributed by atoms with Crippen LogP contribution in [0.3, 0.4) is 0 Å². The van der Waals surface area contributed by atoms with E-state index in [0.29, 0.717) is 10.6 Å². The summed E-state index contributed by atoms with van der Waals surface area (Å²) in [6.45, 7) is 3.71. The van der Waals surface area contributed by atoms with Crippen LogP contribution in [0.4, 0.5) is 5.00 Å². The minimum atomic E-state index is -1.16. The molecule has 0 aliphatic rings. The van der Waals surface area contributed by atoms with Gasteiger partial charge in [0.15, 0.2) is 0 Å². The third-order valence-electron chi connectivity index (χ3n) is 2.53. The first-order valence-electron chi connectivity index (χ1n) is 5.45. The Morgan fingerprint density at radius 1 is 1.39 bits per heavy atom. The number of hydrogen-bond donors (Lipinski definition) is 1. The highest BCUT2D eigenvalue weighted by Gasteiger charge is 2.14. The van der Waals surface area contributed by atoms with Gasteiger partial charge < -0.3 is 15.2 Å². The fourth-order valence-corrected chi connectivity index (χ4v) is 2.46. The van der Waals surface area contributed by atoms with Crippen molar-refractivity contribution in [3.8, 4) is 6.07 Å². The molecule has 1 rings (SSSR count). The maximum atomic E-state index is 11.6. The van der Waals surface area contributed by atoms with Gasteiger partial charge in [-0.2, -0.15) is 5.26 Å². The summed E-state index contributed by atoms with van der Waals surface area (Å²) in [5.41, 5.74) is 1.35. The SMILES string of the molecule is Cc1sc(NC(=O)CCCC(=O)[O-])c(C#N)c1C. The topological polar surface area (TPSA) is 93.0 Å². The van der Waals surface area contributed by atoms with Crippen LogP contribution >= 0.6 is 11.3 Å². The van der Waals surface area contributed by atoms with Crippen molar-refractivity contribution in [2.75, 3.05) is 5.32 Å². The number of hydrogen-bond acceptors (Lipinski definition) is 5. The lowest BCUT2D eigenvalue weighted by atomic mass is 10.2. The third-order valence-corrected chi connectivity index (χ3v) is 3.66. The Balaban J connectivity index is 2.63. The zero-order valence-electron chi connectivity index (χ0n) is 10.2. The average Bonchev–Trinajstić information content (AvgIpc) is 2.53. The lowest BCUT2D eigenvalue weighted by molar-refractivity contribution is -0.305. The molecule has 0 atom stereocenters. The fraction of sp³-hybridized carbons (Fsp3) is 0.417. The van der Waals surface area contributed by atoms with Gasteiger partial charge in [0.1, 0.15) is 11.1 Å². The molecule has 0 saturated heterocycles. The summed E-state index contributed by atoms with van der Waals surface area (Å²) in [5.74, 6) is -1.45. The second-order valence-corrected chi connectivity index (χ2v) is 5.10. The molecule has 0 aliphatic heterocycles. The summed E-state index contributed by atoms with van der Waals surface area (Å²) in [6.07, 6.45) is 0.204. The van der Waals surface area contributed by atoms with Crippen molar-refractivity contribution < 1.29 is 14.7 Å². The summed E-state index contributed by atoms with van der Waals surface area (Å²) in [4.78, 5) is 22.7. The van der Waals surface area contributed by atoms with E-state index in [0.717, 1.165) is 10.4 Å². The van der Waals surface area contributed by atoms with Gasteiger partial charge in [-0.25, -0.2) is 0 Å². The number of nitrogens with one attached hydrogen (secondary N) is 1. The standard InChI is InChI=1S/C12H14N2O3S/c1-7-8(2)18-12(9(7)6-13)14-10(15)4-3-5-11(16)17/h3-5H2,1-2H3,(H,14,15)(H,16,17)/p-1. The van der Waals surface area contributed by atoms with E-state index in [1.165, 1.54) is 11.3 Å². The molecule has 0 fully saturated rings. The molecule has 0 radical (unpaired) electrons. The molecular weight excluding hydrogens is 252 g/mol. The van der Waals surface area contributed by atoms with E-state index in [4.69, 9.17) is 5.26 Å². The smallest absolute Gasteiger partial charge is 0.225 e. The van der Waals surface area contributed by atoms with E-state index >= 15 is 0 Å². The molecule has 18 heavy (non-hydrogen) atoms. The highest BCUT2D eigenvalue weighted by molar-refractivity contribution is 7.16. The lowest BCUT2D eigenvalue weighted by Gasteiger charge is -2.04. The van der Waals surface area contributed by atoms with Crippen molar-refractivity contribution in [1.29, 1.82) is 5.26 Å². The predicted molar refractivity (Wildman–Crippen MR) is 66.0 cm³/mol. The van der Waals surface area contributed by atoms with Crippen molar-refractivity contribution in [2.45, 2.75) is 33.1 Å². The average molecular weight is 265 g/mol. The van der Waals surface area contributed by atoms with E-state index < -0.39 is 5.97 Å². The van der Waals surface area contributed by atoms with E-state index in [9.17, 15) is 14.7 Å². The third kappa shape index (κ3) is 3.57. The molecule has 0 aliphatic carbocycles. The van der Waals surface area contributed by atoms with Gasteiger partial charge in [-0.3, -0.25) is 4.79 Å². The minimum Gasteiger partial charge on any atom is -0.550 e. The quantitative estimate of drug-likeness (QED) is 0.862. The molecule has 6 heteroatoms. The predicted octanol–water partition coefficient (Wildman–Crippen LogP) is 1.10. The van der Waals surface area contributed by atoms with Gasteiger partial charge in [-0.1, -0.05) is 0 Å². The Morgan fingerprint density at radius 3 is 2.61 bits per heavy atom. The summed E-state index contributed by atoms with van der Waals surface area (Å²) in [7, 11) is 0. The second-order valence-electron chi connectivity index (χ2n) is 3.87. The van der Waals surface area contributed by atoms with Crippen LogP contribution in [0.25, 0.3) is 0 Å². The van der Waals surface area contributed by atoms with Crippen LogP contribution in [0.1, 0.15) is 35.3 Å². The number of aliphatic carboxylic acids is 1. The lowest BCUT2D eigenvalue weighted by Crippen LogP contribution is -2.22. The largest absolute Gasteiger partial charge is 0.550 e. The normalized spacial score (nSPS) is 9.83. The van der Waals surface area contributed by atoms with Crippen molar-refractivity contribution >= 4 is 28.2 Å². The van der Waals surface area contributed by atoms with Crippen LogP contribution < -0.4 is 10.4 Å². The van der Waals surface area contributed by atoms with Crippen molar-refractivity contribution in [1.82, 2.24) is 0 Å². The summed E-state index contributed by atoms with van der Waals surface area (Å²) >= 11 is 1.35. The Labute approximate surface area is 109 Å². The van der Waals surface area contributed by atoms with Crippen LogP contribution in [0.15, 0.2) is 0 Å². The van der Waals surface area contributed by atoms with Gasteiger partial charge in [-0.05, 0) is 32.3 Å². The van der Waals surface area contributed by atoms with Crippen LogP contribution in [-0.4, -0.2) is 11.9 Å². The van der Waals surface area contributed by atoms with Gasteiger partial charge in [0.05, 0.1) is 5.56 Å². The first-order valence-corrected chi connectivity index (χ1v) is 6.27. The fourth-order valence-electron chi connectivity index (χ4n) is 1.43. The molecular formula is C12H13N2O3S-. The molecule has 1 aromatic heterocycles. The maximum Gasteiger partial charge on any atom is 0.225 e. The van der Waals surface area contributed by atoms with Gasteiger partial charge in [0.2, 0.25) is 5.91 Å². The molecule has 5 nitrogen and oxygen atoms in total. The van der Waals surface area contributed by atoms with Gasteiger partial charge in [0.25, 0.3) is 0 Å². The Hall–Kier alpha value is -1.87. The molecule has 0 unspecified atom stereocenters. The molecule has 1 amide bonds. The molecule has 0 aromatic carbocycles. The number of carbonyl (C=O) groups excluding carboxylic acids is 2. The number of carbonyl (C=O) groups is 2. The van der Waals surface area contributed by atoms with Gasteiger partial charge >= 0.3 is 0 Å². The minimum absolute atomic E-state index is 0.106. The molecule has 0 saturated carbocycles. The zero-order valence-corrected chi connectivity index (χ0v) is 11.0. The number of carboxylic acid groups (broad SMARTS) is 1. The molecule has 1 heterocycles. The summed E-state index contributed by atoms with van der Waals surface area (Å²) in [6, 6.07) is 2.06. The molecule has 0 bridgehead atoms. The first kappa shape index (κ1) is 14.2. The van der Waals surface area contributed by atoms with Gasteiger partial charge in [-0.15, -0.1) is 11.3 Å². The Kier molecular flexibility index (Phi) is 4.86. The van der Waals surface area contributed by atoms with E-state index in [1.807, 2.05) is 13.8 Å². The number of rotatable bonds is 5. The van der Waals surface area contributed by atoms with Crippen LogP contribution in [0.2, 0.25) is 0 Å². The Morgan fingerprint density at radius 2 is 2.06 bits per heavy atom. The van der Waals surface area contributed by atoms with Crippen LogP contribution in [0.5, 0.6) is 0 Å². The van der Waals surface area contributed by atoms with Crippen molar-refractivity contribution in [3.05, 3.63) is 16.0 Å². The van der Waals surface area contributed by atoms with Crippen LogP contribution in [0, 0.1) is 25.2 Å². The number of thiophene rings is 1. The monoisotopic (exact) mass is 265 g/mol. The number of nitrogens with zero attached hydrogens (tertiary/aromatic N) is 1. The van der Waals surface area contributed by atoms with Crippen molar-refractivity contribution in [2.24, 2.45) is 0 Å². The molecule has 1 aromatic rings. The molecule has 96 valence electrons. The number of anilines is 1. The highest BCUT2D eigenvalue weighted by atomic mass is 32.1.